The predicted molar refractivity (Wildman–Crippen MR) is 90.0 cm³/mol. The zero-order chi connectivity index (χ0) is 19.4. The van der Waals surface area contributed by atoms with Gasteiger partial charge >= 0.3 is 12.2 Å². The average molecular weight is 387 g/mol. The van der Waals surface area contributed by atoms with E-state index in [9.17, 15) is 26.4 Å². The van der Waals surface area contributed by atoms with E-state index in [-0.39, 0.29) is 17.1 Å². The highest BCUT2D eigenvalue weighted by molar-refractivity contribution is 7.89. The van der Waals surface area contributed by atoms with E-state index < -0.39 is 27.8 Å². The summed E-state index contributed by atoms with van der Waals surface area (Å²) in [5, 5.41) is 9.97. The molecule has 0 radical (unpaired) electrons. The van der Waals surface area contributed by atoms with Crippen LogP contribution in [-0.4, -0.2) is 21.0 Å². The van der Waals surface area contributed by atoms with Gasteiger partial charge in [-0.3, -0.25) is 0 Å². The Morgan fingerprint density at radius 3 is 2.08 bits per heavy atom. The first-order valence-corrected chi connectivity index (χ1v) is 8.94. The molecule has 4 N–H and O–H groups in total. The predicted octanol–water partition coefficient (Wildman–Crippen LogP) is 2.72. The van der Waals surface area contributed by atoms with Gasteiger partial charge in [0.05, 0.1) is 10.5 Å². The first-order valence-electron chi connectivity index (χ1n) is 7.39. The van der Waals surface area contributed by atoms with Gasteiger partial charge in [-0.05, 0) is 48.4 Å². The van der Waals surface area contributed by atoms with E-state index in [2.05, 4.69) is 10.6 Å². The lowest BCUT2D eigenvalue weighted by molar-refractivity contribution is -0.137. The molecule has 2 aromatic carbocycles. The molecule has 0 atom stereocenters. The molecule has 0 unspecified atom stereocenters. The van der Waals surface area contributed by atoms with Gasteiger partial charge in [0.15, 0.2) is 0 Å². The van der Waals surface area contributed by atoms with Crippen molar-refractivity contribution in [2.75, 3.05) is 11.9 Å². The first kappa shape index (κ1) is 19.7. The number of carbonyl (C=O) groups excluding carboxylic acids is 1. The summed E-state index contributed by atoms with van der Waals surface area (Å²) in [7, 11) is -3.75. The Labute approximate surface area is 148 Å². The van der Waals surface area contributed by atoms with Gasteiger partial charge in [0.25, 0.3) is 0 Å². The van der Waals surface area contributed by atoms with Gasteiger partial charge in [-0.15, -0.1) is 0 Å². The normalized spacial score (nSPS) is 11.8. The summed E-state index contributed by atoms with van der Waals surface area (Å²) < 4.78 is 59.7. The second-order valence-corrected chi connectivity index (χ2v) is 6.96. The van der Waals surface area contributed by atoms with Crippen LogP contribution in [0.25, 0.3) is 0 Å². The number of urea groups is 1. The average Bonchev–Trinajstić information content (AvgIpc) is 2.54. The van der Waals surface area contributed by atoms with Crippen LogP contribution in [0.2, 0.25) is 0 Å². The Hall–Kier alpha value is -2.59. The maximum atomic E-state index is 12.5. The second-order valence-electron chi connectivity index (χ2n) is 5.39. The molecule has 0 bridgehead atoms. The van der Waals surface area contributed by atoms with Crippen LogP contribution in [-0.2, 0) is 22.6 Å². The van der Waals surface area contributed by atoms with E-state index in [4.69, 9.17) is 5.14 Å². The molecule has 10 heteroatoms. The number of nitrogens with two attached hydrogens (primary N) is 1. The van der Waals surface area contributed by atoms with E-state index in [1.807, 2.05) is 0 Å². The van der Waals surface area contributed by atoms with Crippen molar-refractivity contribution in [1.29, 1.82) is 0 Å². The fourth-order valence-electron chi connectivity index (χ4n) is 2.08. The van der Waals surface area contributed by atoms with Gasteiger partial charge in [-0.25, -0.2) is 18.4 Å². The van der Waals surface area contributed by atoms with Crippen molar-refractivity contribution in [3.8, 4) is 0 Å². The van der Waals surface area contributed by atoms with Crippen molar-refractivity contribution in [2.24, 2.45) is 5.14 Å². The van der Waals surface area contributed by atoms with Crippen LogP contribution in [0.3, 0.4) is 0 Å². The van der Waals surface area contributed by atoms with E-state index in [0.29, 0.717) is 6.42 Å². The molecule has 0 saturated carbocycles. The fourth-order valence-corrected chi connectivity index (χ4v) is 2.60. The number of primary sulfonamides is 1. The molecule has 0 aliphatic rings. The summed E-state index contributed by atoms with van der Waals surface area (Å²) >= 11 is 0. The Kier molecular flexibility index (Phi) is 5.88. The second kappa shape index (κ2) is 7.75. The molecule has 26 heavy (non-hydrogen) atoms. The number of carbonyl (C=O) groups is 1. The van der Waals surface area contributed by atoms with Gasteiger partial charge < -0.3 is 10.6 Å². The Morgan fingerprint density at radius 2 is 1.58 bits per heavy atom. The van der Waals surface area contributed by atoms with Crippen LogP contribution < -0.4 is 15.8 Å². The molecular weight excluding hydrogens is 371 g/mol. The quantitative estimate of drug-likeness (QED) is 0.735. The van der Waals surface area contributed by atoms with Crippen LogP contribution in [0.4, 0.5) is 23.7 Å². The number of nitrogens with one attached hydrogen (secondary N) is 2. The van der Waals surface area contributed by atoms with Crippen LogP contribution >= 0.6 is 0 Å². The van der Waals surface area contributed by atoms with Crippen molar-refractivity contribution in [3.05, 3.63) is 59.7 Å². The van der Waals surface area contributed by atoms with Gasteiger partial charge in [0.2, 0.25) is 10.0 Å². The molecular formula is C16H16F3N3O3S. The third-order valence-electron chi connectivity index (χ3n) is 3.42. The monoisotopic (exact) mass is 387 g/mol. The maximum Gasteiger partial charge on any atom is 0.416 e. The first-order chi connectivity index (χ1) is 12.1. The molecule has 0 spiro atoms. The largest absolute Gasteiger partial charge is 0.416 e. The molecule has 0 saturated heterocycles. The molecule has 2 rings (SSSR count). The molecule has 0 aliphatic heterocycles. The van der Waals surface area contributed by atoms with Crippen molar-refractivity contribution < 1.29 is 26.4 Å². The van der Waals surface area contributed by atoms with Crippen molar-refractivity contribution in [3.63, 3.8) is 0 Å². The molecule has 2 amide bonds. The lowest BCUT2D eigenvalue weighted by Gasteiger charge is -2.10. The van der Waals surface area contributed by atoms with E-state index >= 15 is 0 Å². The number of amides is 2. The zero-order valence-electron chi connectivity index (χ0n) is 13.4. The lowest BCUT2D eigenvalue weighted by atomic mass is 10.1. The molecule has 0 heterocycles. The van der Waals surface area contributed by atoms with Gasteiger partial charge in [-0.2, -0.15) is 13.2 Å². The Balaban J connectivity index is 1.82. The van der Waals surface area contributed by atoms with E-state index in [1.54, 1.807) is 12.1 Å². The van der Waals surface area contributed by atoms with Crippen LogP contribution in [0.5, 0.6) is 0 Å². The van der Waals surface area contributed by atoms with Crippen molar-refractivity contribution >= 4 is 21.7 Å². The molecule has 0 aliphatic carbocycles. The highest BCUT2D eigenvalue weighted by Gasteiger charge is 2.29. The molecule has 140 valence electrons. The highest BCUT2D eigenvalue weighted by Crippen LogP contribution is 2.29. The molecule has 0 fully saturated rings. The minimum absolute atomic E-state index is 0.00532. The van der Waals surface area contributed by atoms with Crippen LogP contribution in [0.15, 0.2) is 53.4 Å². The van der Waals surface area contributed by atoms with Crippen molar-refractivity contribution in [1.82, 2.24) is 5.32 Å². The topological polar surface area (TPSA) is 101 Å². The van der Waals surface area contributed by atoms with E-state index in [0.717, 1.165) is 29.8 Å². The Bertz CT molecular complexity index is 864. The zero-order valence-corrected chi connectivity index (χ0v) is 14.2. The summed E-state index contributed by atoms with van der Waals surface area (Å²) in [6.45, 7) is 0.251. The number of rotatable bonds is 5. The summed E-state index contributed by atoms with van der Waals surface area (Å²) in [6.07, 6.45) is -4.00. The van der Waals surface area contributed by atoms with Crippen LogP contribution in [0.1, 0.15) is 11.1 Å². The minimum atomic E-state index is -4.43. The van der Waals surface area contributed by atoms with Crippen LogP contribution in [0, 0.1) is 0 Å². The summed E-state index contributed by atoms with van der Waals surface area (Å²) in [6, 6.07) is 9.41. The third-order valence-corrected chi connectivity index (χ3v) is 4.35. The highest BCUT2D eigenvalue weighted by atomic mass is 32.2. The van der Waals surface area contributed by atoms with Crippen molar-refractivity contribution in [2.45, 2.75) is 17.5 Å². The van der Waals surface area contributed by atoms with E-state index in [1.165, 1.54) is 12.1 Å². The number of halogens is 3. The third kappa shape index (κ3) is 5.74. The molecule has 2 aromatic rings. The summed E-state index contributed by atoms with van der Waals surface area (Å²) in [5.74, 6) is 0. The lowest BCUT2D eigenvalue weighted by Crippen LogP contribution is -2.30. The Morgan fingerprint density at radius 1 is 1.00 bits per heavy atom. The number of anilines is 1. The van der Waals surface area contributed by atoms with Gasteiger partial charge in [-0.1, -0.05) is 12.1 Å². The van der Waals surface area contributed by atoms with Gasteiger partial charge in [0.1, 0.15) is 0 Å². The summed E-state index contributed by atoms with van der Waals surface area (Å²) in [4.78, 5) is 11.7. The SMILES string of the molecule is NS(=O)(=O)c1ccc(CCNC(=O)Nc2ccc(C(F)(F)F)cc2)cc1. The summed E-state index contributed by atoms with van der Waals surface area (Å²) in [5.41, 5.74) is 0.214. The van der Waals surface area contributed by atoms with Gasteiger partial charge in [0, 0.05) is 12.2 Å². The smallest absolute Gasteiger partial charge is 0.338 e. The number of alkyl halides is 3. The number of benzene rings is 2. The number of hydrogen-bond donors (Lipinski definition) is 3. The molecule has 6 nitrogen and oxygen atoms in total. The molecule has 0 aromatic heterocycles. The standard InChI is InChI=1S/C16H16F3N3O3S/c17-16(18,19)12-3-5-13(6-4-12)22-15(23)21-10-9-11-1-7-14(8-2-11)26(20,24)25/h1-8H,9-10H2,(H2,20,24,25)(H2,21,22,23). The minimum Gasteiger partial charge on any atom is -0.338 e. The fraction of sp³-hybridized carbons (Fsp3) is 0.188. The number of hydrogen-bond acceptors (Lipinski definition) is 3. The maximum absolute atomic E-state index is 12.5. The number of sulfonamides is 1.